The van der Waals surface area contributed by atoms with Crippen molar-refractivity contribution in [2.24, 2.45) is 4.99 Å². The first-order chi connectivity index (χ1) is 10.9. The molecule has 0 heterocycles. The molecule has 0 aromatic heterocycles. The zero-order valence-electron chi connectivity index (χ0n) is 15.2. The molecule has 1 aromatic carbocycles. The highest BCUT2D eigenvalue weighted by Gasteiger charge is 2.16. The summed E-state index contributed by atoms with van der Waals surface area (Å²) in [6.07, 6.45) is 0.772. The van der Waals surface area contributed by atoms with E-state index in [1.165, 1.54) is 0 Å². The van der Waals surface area contributed by atoms with Gasteiger partial charge in [0.2, 0.25) is 5.75 Å². The van der Waals surface area contributed by atoms with E-state index in [2.05, 4.69) is 36.4 Å². The van der Waals surface area contributed by atoms with Crippen LogP contribution >= 0.6 is 0 Å². The monoisotopic (exact) mass is 323 g/mol. The van der Waals surface area contributed by atoms with Crippen LogP contribution in [0, 0.1) is 0 Å². The maximum atomic E-state index is 5.50. The van der Waals surface area contributed by atoms with E-state index in [4.69, 9.17) is 14.2 Å². The van der Waals surface area contributed by atoms with Gasteiger partial charge < -0.3 is 24.8 Å². The second kappa shape index (κ2) is 8.50. The molecule has 1 aromatic rings. The van der Waals surface area contributed by atoms with E-state index in [1.807, 2.05) is 12.1 Å². The van der Waals surface area contributed by atoms with Crippen LogP contribution < -0.4 is 24.8 Å². The van der Waals surface area contributed by atoms with Crippen molar-refractivity contribution in [2.45, 2.75) is 32.7 Å². The summed E-state index contributed by atoms with van der Waals surface area (Å²) in [6, 6.07) is 3.88. The minimum absolute atomic E-state index is 0.0388. The summed E-state index contributed by atoms with van der Waals surface area (Å²) in [6.45, 7) is 7.01. The highest BCUT2D eigenvalue weighted by Crippen LogP contribution is 2.39. The smallest absolute Gasteiger partial charge is 0.203 e. The molecule has 0 spiro atoms. The van der Waals surface area contributed by atoms with Gasteiger partial charge in [0.05, 0.1) is 21.3 Å². The molecule has 0 amide bonds. The quantitative estimate of drug-likeness (QED) is 0.621. The fourth-order valence-corrected chi connectivity index (χ4v) is 2.21. The molecule has 0 radical (unpaired) electrons. The predicted molar refractivity (Wildman–Crippen MR) is 94.1 cm³/mol. The number of aliphatic imine (C=N–C) groups is 1. The van der Waals surface area contributed by atoms with Gasteiger partial charge in [0.15, 0.2) is 17.5 Å². The Bertz CT molecular complexity index is 537. The minimum atomic E-state index is -0.0388. The van der Waals surface area contributed by atoms with E-state index >= 15 is 0 Å². The Morgan fingerprint density at radius 1 is 1.04 bits per heavy atom. The number of rotatable bonds is 6. The lowest BCUT2D eigenvalue weighted by molar-refractivity contribution is 0.322. The Labute approximate surface area is 139 Å². The highest BCUT2D eigenvalue weighted by molar-refractivity contribution is 5.80. The average molecular weight is 323 g/mol. The molecule has 2 N–H and O–H groups in total. The van der Waals surface area contributed by atoms with Crippen molar-refractivity contribution in [2.75, 3.05) is 34.9 Å². The zero-order chi connectivity index (χ0) is 17.5. The first kappa shape index (κ1) is 18.9. The molecular formula is C17H29N3O3. The summed E-state index contributed by atoms with van der Waals surface area (Å²) >= 11 is 0. The highest BCUT2D eigenvalue weighted by atomic mass is 16.5. The first-order valence-electron chi connectivity index (χ1n) is 7.63. The average Bonchev–Trinajstić information content (AvgIpc) is 2.51. The summed E-state index contributed by atoms with van der Waals surface area (Å²) in [7, 11) is 6.62. The number of ether oxygens (including phenoxy) is 3. The van der Waals surface area contributed by atoms with Crippen molar-refractivity contribution in [3.63, 3.8) is 0 Å². The van der Waals surface area contributed by atoms with Crippen molar-refractivity contribution in [3.05, 3.63) is 17.7 Å². The normalized spacial score (nSPS) is 11.9. The first-order valence-corrected chi connectivity index (χ1v) is 7.63. The van der Waals surface area contributed by atoms with Crippen LogP contribution in [0.2, 0.25) is 0 Å². The van der Waals surface area contributed by atoms with E-state index in [0.717, 1.165) is 24.5 Å². The van der Waals surface area contributed by atoms with E-state index in [0.29, 0.717) is 17.2 Å². The molecule has 1 rings (SSSR count). The maximum Gasteiger partial charge on any atom is 0.203 e. The number of benzene rings is 1. The summed E-state index contributed by atoms with van der Waals surface area (Å²) < 4.78 is 16.2. The third kappa shape index (κ3) is 5.54. The van der Waals surface area contributed by atoms with Crippen LogP contribution in [0.15, 0.2) is 17.1 Å². The summed E-state index contributed by atoms with van der Waals surface area (Å²) in [5, 5.41) is 6.63. The molecule has 0 saturated heterocycles. The minimum Gasteiger partial charge on any atom is -0.493 e. The molecule has 6 nitrogen and oxygen atoms in total. The van der Waals surface area contributed by atoms with Gasteiger partial charge in [-0.05, 0) is 33.3 Å². The van der Waals surface area contributed by atoms with Crippen LogP contribution in [0.3, 0.4) is 0 Å². The molecule has 0 fully saturated rings. The lowest BCUT2D eigenvalue weighted by atomic mass is 10.1. The summed E-state index contributed by atoms with van der Waals surface area (Å²) in [4.78, 5) is 4.23. The Balaban J connectivity index is 2.78. The van der Waals surface area contributed by atoms with Crippen molar-refractivity contribution in [1.82, 2.24) is 10.6 Å². The van der Waals surface area contributed by atoms with Gasteiger partial charge in [-0.25, -0.2) is 0 Å². The Morgan fingerprint density at radius 2 is 1.70 bits per heavy atom. The molecule has 0 aliphatic carbocycles. The van der Waals surface area contributed by atoms with E-state index in [9.17, 15) is 0 Å². The van der Waals surface area contributed by atoms with Crippen molar-refractivity contribution < 1.29 is 14.2 Å². The van der Waals surface area contributed by atoms with Crippen molar-refractivity contribution in [1.29, 1.82) is 0 Å². The van der Waals surface area contributed by atoms with E-state index in [1.54, 1.807) is 28.4 Å². The van der Waals surface area contributed by atoms with Gasteiger partial charge in [0.25, 0.3) is 0 Å². The number of guanidine groups is 1. The van der Waals surface area contributed by atoms with Gasteiger partial charge in [0.1, 0.15) is 0 Å². The van der Waals surface area contributed by atoms with Crippen LogP contribution in [-0.2, 0) is 6.42 Å². The van der Waals surface area contributed by atoms with Crippen molar-refractivity contribution >= 4 is 5.96 Å². The van der Waals surface area contributed by atoms with E-state index < -0.39 is 0 Å². The molecule has 0 aliphatic heterocycles. The lowest BCUT2D eigenvalue weighted by Gasteiger charge is -2.24. The Hall–Kier alpha value is -2.11. The second-order valence-electron chi connectivity index (χ2n) is 6.12. The molecule has 0 saturated carbocycles. The molecule has 0 aliphatic rings. The van der Waals surface area contributed by atoms with Gasteiger partial charge in [-0.1, -0.05) is 6.07 Å². The number of nitrogens with zero attached hydrogens (tertiary/aromatic N) is 1. The van der Waals surface area contributed by atoms with Crippen LogP contribution in [0.4, 0.5) is 0 Å². The zero-order valence-corrected chi connectivity index (χ0v) is 15.2. The summed E-state index contributed by atoms with van der Waals surface area (Å²) in [5.74, 6) is 2.75. The fraction of sp³-hybridized carbons (Fsp3) is 0.588. The van der Waals surface area contributed by atoms with Crippen molar-refractivity contribution in [3.8, 4) is 17.2 Å². The predicted octanol–water partition coefficient (Wildman–Crippen LogP) is 2.22. The third-order valence-electron chi connectivity index (χ3n) is 3.19. The second-order valence-corrected chi connectivity index (χ2v) is 6.12. The molecule has 130 valence electrons. The Kier molecular flexibility index (Phi) is 7.00. The van der Waals surface area contributed by atoms with Gasteiger partial charge >= 0.3 is 0 Å². The molecule has 0 atom stereocenters. The van der Waals surface area contributed by atoms with Crippen LogP contribution in [0.1, 0.15) is 26.3 Å². The molecule has 23 heavy (non-hydrogen) atoms. The number of hydrogen-bond donors (Lipinski definition) is 2. The van der Waals surface area contributed by atoms with Gasteiger partial charge in [0, 0.05) is 24.7 Å². The maximum absolute atomic E-state index is 5.50. The van der Waals surface area contributed by atoms with Crippen LogP contribution in [0.25, 0.3) is 0 Å². The standard InChI is InChI=1S/C17H29N3O3/c1-17(2,3)20-16(18-4)19-11-10-12-8-9-13(21-5)15(23-7)14(12)22-6/h8-9H,10-11H2,1-7H3,(H2,18,19,20). The van der Waals surface area contributed by atoms with E-state index in [-0.39, 0.29) is 5.54 Å². The number of methoxy groups -OCH3 is 3. The van der Waals surface area contributed by atoms with Crippen LogP contribution in [-0.4, -0.2) is 46.4 Å². The van der Waals surface area contributed by atoms with Gasteiger partial charge in [-0.15, -0.1) is 0 Å². The molecule has 0 bridgehead atoms. The SMILES string of the molecule is CN=C(NCCc1ccc(OC)c(OC)c1OC)NC(C)(C)C. The van der Waals surface area contributed by atoms with Gasteiger partial charge in [-0.2, -0.15) is 0 Å². The molecular weight excluding hydrogens is 294 g/mol. The third-order valence-corrected chi connectivity index (χ3v) is 3.19. The largest absolute Gasteiger partial charge is 0.493 e. The molecule has 6 heteroatoms. The lowest BCUT2D eigenvalue weighted by Crippen LogP contribution is -2.48. The van der Waals surface area contributed by atoms with Crippen LogP contribution in [0.5, 0.6) is 17.2 Å². The topological polar surface area (TPSA) is 64.1 Å². The Morgan fingerprint density at radius 3 is 2.17 bits per heavy atom. The number of nitrogens with one attached hydrogen (secondary N) is 2. The summed E-state index contributed by atoms with van der Waals surface area (Å²) in [5.41, 5.74) is 1.01. The number of hydrogen-bond acceptors (Lipinski definition) is 4. The fourth-order valence-electron chi connectivity index (χ4n) is 2.21. The molecule has 0 unspecified atom stereocenters. The van der Waals surface area contributed by atoms with Gasteiger partial charge in [-0.3, -0.25) is 4.99 Å².